The lowest BCUT2D eigenvalue weighted by molar-refractivity contribution is -0.121. The number of ketones is 1. The van der Waals surface area contributed by atoms with Gasteiger partial charge in [0.2, 0.25) is 0 Å². The SMILES string of the molecule is C1=COCC1.O=C1CCC2C=Cc3c(ccc4ccccc34)C2C1. The topological polar surface area (TPSA) is 26.3 Å². The predicted molar refractivity (Wildman–Crippen MR) is 97.8 cm³/mol. The van der Waals surface area contributed by atoms with E-state index < -0.39 is 0 Å². The maximum Gasteiger partial charge on any atom is 0.133 e. The van der Waals surface area contributed by atoms with Gasteiger partial charge in [-0.15, -0.1) is 0 Å². The molecule has 2 unspecified atom stereocenters. The van der Waals surface area contributed by atoms with Crippen LogP contribution in [0.15, 0.2) is 54.8 Å². The zero-order valence-electron chi connectivity index (χ0n) is 13.8. The quantitative estimate of drug-likeness (QED) is 0.664. The third-order valence-corrected chi connectivity index (χ3v) is 5.23. The first kappa shape index (κ1) is 15.2. The van der Waals surface area contributed by atoms with Crippen molar-refractivity contribution in [2.75, 3.05) is 6.61 Å². The van der Waals surface area contributed by atoms with Gasteiger partial charge in [0.15, 0.2) is 0 Å². The molecule has 0 spiro atoms. The summed E-state index contributed by atoms with van der Waals surface area (Å²) >= 11 is 0. The molecule has 2 nitrogen and oxygen atoms in total. The Kier molecular flexibility index (Phi) is 4.20. The minimum Gasteiger partial charge on any atom is -0.501 e. The number of rotatable bonds is 0. The zero-order valence-corrected chi connectivity index (χ0v) is 13.8. The summed E-state index contributed by atoms with van der Waals surface area (Å²) in [5.74, 6) is 1.40. The fourth-order valence-corrected chi connectivity index (χ4v) is 3.98. The van der Waals surface area contributed by atoms with E-state index in [1.807, 2.05) is 6.08 Å². The molecule has 2 aliphatic carbocycles. The monoisotopic (exact) mass is 318 g/mol. The van der Waals surface area contributed by atoms with Crippen LogP contribution in [0.25, 0.3) is 16.8 Å². The molecular weight excluding hydrogens is 296 g/mol. The molecule has 1 aliphatic heterocycles. The van der Waals surface area contributed by atoms with Crippen molar-refractivity contribution in [2.24, 2.45) is 5.92 Å². The molecule has 2 aromatic carbocycles. The number of carbonyl (C=O) groups is 1. The van der Waals surface area contributed by atoms with E-state index in [2.05, 4.69) is 48.6 Å². The van der Waals surface area contributed by atoms with Crippen LogP contribution in [-0.4, -0.2) is 12.4 Å². The van der Waals surface area contributed by atoms with Crippen LogP contribution >= 0.6 is 0 Å². The van der Waals surface area contributed by atoms with Crippen molar-refractivity contribution in [3.8, 4) is 0 Å². The van der Waals surface area contributed by atoms with E-state index in [0.29, 0.717) is 17.6 Å². The fourth-order valence-electron chi connectivity index (χ4n) is 3.98. The van der Waals surface area contributed by atoms with Gasteiger partial charge in [-0.05, 0) is 46.2 Å². The van der Waals surface area contributed by atoms with E-state index in [1.54, 1.807) is 6.26 Å². The first-order valence-corrected chi connectivity index (χ1v) is 8.81. The standard InChI is InChI=1S/C18H16O.C4H6O/c19-14-8-5-13-7-9-16-15-4-2-1-3-12(15)6-10-17(16)18(13)11-14;1-2-4-5-3-1/h1-4,6-7,9-10,13,18H,5,8,11H2;1,3H,2,4H2. The molecule has 122 valence electrons. The molecule has 2 heteroatoms. The Balaban J connectivity index is 0.000000252. The number of ether oxygens (including phenoxy) is 1. The molecule has 0 N–H and O–H groups in total. The van der Waals surface area contributed by atoms with Crippen molar-refractivity contribution >= 4 is 22.6 Å². The van der Waals surface area contributed by atoms with Gasteiger partial charge in [0.1, 0.15) is 5.78 Å². The third kappa shape index (κ3) is 2.89. The van der Waals surface area contributed by atoms with Crippen LogP contribution in [0.2, 0.25) is 0 Å². The molecule has 0 saturated heterocycles. The summed E-state index contributed by atoms with van der Waals surface area (Å²) in [6.07, 6.45) is 11.9. The summed E-state index contributed by atoms with van der Waals surface area (Å²) in [5.41, 5.74) is 2.70. The minimum atomic E-state index is 0.408. The summed E-state index contributed by atoms with van der Waals surface area (Å²) in [6, 6.07) is 12.9. The van der Waals surface area contributed by atoms with E-state index >= 15 is 0 Å². The van der Waals surface area contributed by atoms with Crippen molar-refractivity contribution in [1.29, 1.82) is 0 Å². The van der Waals surface area contributed by atoms with Crippen LogP contribution in [0.5, 0.6) is 0 Å². The van der Waals surface area contributed by atoms with Gasteiger partial charge >= 0.3 is 0 Å². The lowest BCUT2D eigenvalue weighted by Crippen LogP contribution is -2.24. The second kappa shape index (κ2) is 6.64. The van der Waals surface area contributed by atoms with Crippen molar-refractivity contribution < 1.29 is 9.53 Å². The van der Waals surface area contributed by atoms with Crippen LogP contribution < -0.4 is 0 Å². The van der Waals surface area contributed by atoms with E-state index in [4.69, 9.17) is 4.74 Å². The molecule has 0 bridgehead atoms. The molecular formula is C22H22O2. The van der Waals surface area contributed by atoms with Gasteiger partial charge in [-0.3, -0.25) is 4.79 Å². The van der Waals surface area contributed by atoms with E-state index in [9.17, 15) is 4.79 Å². The Labute approximate surface area is 142 Å². The number of fused-ring (bicyclic) bond motifs is 5. The molecule has 1 fully saturated rings. The van der Waals surface area contributed by atoms with Gasteiger partial charge in [-0.1, -0.05) is 48.6 Å². The normalized spacial score (nSPS) is 23.9. The molecule has 0 amide bonds. The number of hydrogen-bond acceptors (Lipinski definition) is 2. The number of benzene rings is 2. The Morgan fingerprint density at radius 3 is 2.79 bits per heavy atom. The van der Waals surface area contributed by atoms with Gasteiger partial charge in [0.05, 0.1) is 12.9 Å². The van der Waals surface area contributed by atoms with Crippen LogP contribution in [0.3, 0.4) is 0 Å². The third-order valence-electron chi connectivity index (χ3n) is 5.23. The Morgan fingerprint density at radius 2 is 2.00 bits per heavy atom. The summed E-state index contributed by atoms with van der Waals surface area (Å²) in [6.45, 7) is 0.889. The predicted octanol–water partition coefficient (Wildman–Crippen LogP) is 5.24. The Morgan fingerprint density at radius 1 is 1.08 bits per heavy atom. The molecule has 24 heavy (non-hydrogen) atoms. The van der Waals surface area contributed by atoms with Crippen molar-refractivity contribution in [2.45, 2.75) is 31.6 Å². The maximum absolute atomic E-state index is 11.8. The smallest absolute Gasteiger partial charge is 0.133 e. The highest BCUT2D eigenvalue weighted by Crippen LogP contribution is 2.44. The fraction of sp³-hybridized carbons (Fsp3) is 0.318. The molecule has 0 aromatic heterocycles. The molecule has 1 saturated carbocycles. The first-order chi connectivity index (χ1) is 11.8. The lowest BCUT2D eigenvalue weighted by Gasteiger charge is -2.33. The second-order valence-corrected chi connectivity index (χ2v) is 6.73. The van der Waals surface area contributed by atoms with Crippen molar-refractivity contribution in [1.82, 2.24) is 0 Å². The van der Waals surface area contributed by atoms with Crippen LogP contribution in [0.4, 0.5) is 0 Å². The van der Waals surface area contributed by atoms with E-state index in [1.165, 1.54) is 21.9 Å². The maximum atomic E-state index is 11.8. The summed E-state index contributed by atoms with van der Waals surface area (Å²) in [7, 11) is 0. The Bertz CT molecular complexity index is 810. The molecule has 5 rings (SSSR count). The number of carbonyl (C=O) groups excluding carboxylic acids is 1. The number of hydrogen-bond donors (Lipinski definition) is 0. The van der Waals surface area contributed by atoms with E-state index in [-0.39, 0.29) is 0 Å². The average Bonchev–Trinajstić information content (AvgIpc) is 3.21. The molecule has 0 radical (unpaired) electrons. The Hall–Kier alpha value is -2.35. The molecule has 3 aliphatic rings. The highest BCUT2D eigenvalue weighted by atomic mass is 16.5. The van der Waals surface area contributed by atoms with E-state index in [0.717, 1.165) is 32.3 Å². The van der Waals surface area contributed by atoms with Gasteiger partial charge < -0.3 is 4.74 Å². The lowest BCUT2D eigenvalue weighted by atomic mass is 9.70. The van der Waals surface area contributed by atoms with Gasteiger partial charge in [-0.25, -0.2) is 0 Å². The zero-order chi connectivity index (χ0) is 16.4. The van der Waals surface area contributed by atoms with Gasteiger partial charge in [0.25, 0.3) is 0 Å². The minimum absolute atomic E-state index is 0.408. The van der Waals surface area contributed by atoms with Crippen LogP contribution in [-0.2, 0) is 9.53 Å². The second-order valence-electron chi connectivity index (χ2n) is 6.73. The average molecular weight is 318 g/mol. The largest absolute Gasteiger partial charge is 0.501 e. The summed E-state index contributed by atoms with van der Waals surface area (Å²) < 4.78 is 4.76. The summed E-state index contributed by atoms with van der Waals surface area (Å²) in [4.78, 5) is 11.8. The van der Waals surface area contributed by atoms with Crippen molar-refractivity contribution in [3.05, 3.63) is 65.9 Å². The highest BCUT2D eigenvalue weighted by Gasteiger charge is 2.32. The van der Waals surface area contributed by atoms with Crippen molar-refractivity contribution in [3.63, 3.8) is 0 Å². The first-order valence-electron chi connectivity index (χ1n) is 8.81. The molecule has 2 aromatic rings. The number of Topliss-reactive ketones (excluding diaryl/α,β-unsaturated/α-hetero) is 1. The molecule has 1 heterocycles. The summed E-state index contributed by atoms with van der Waals surface area (Å²) in [5, 5.41) is 2.60. The highest BCUT2D eigenvalue weighted by molar-refractivity contribution is 5.93. The van der Waals surface area contributed by atoms with Crippen LogP contribution in [0.1, 0.15) is 42.7 Å². The molecule has 2 atom stereocenters. The van der Waals surface area contributed by atoms with Gasteiger partial charge in [-0.2, -0.15) is 0 Å². The van der Waals surface area contributed by atoms with Gasteiger partial charge in [0, 0.05) is 19.3 Å². The number of allylic oxidation sites excluding steroid dienone is 1. The van der Waals surface area contributed by atoms with Crippen LogP contribution in [0, 0.1) is 5.92 Å².